The van der Waals surface area contributed by atoms with E-state index in [1.165, 1.54) is 0 Å². The second kappa shape index (κ2) is 2.98. The summed E-state index contributed by atoms with van der Waals surface area (Å²) in [6.07, 6.45) is 3.42. The lowest BCUT2D eigenvalue weighted by molar-refractivity contribution is 0.403. The largest absolute Gasteiger partial charge is 0.481 e. The van der Waals surface area contributed by atoms with E-state index in [1.54, 1.807) is 19.6 Å². The molecule has 0 amide bonds. The molecule has 0 spiro atoms. The fourth-order valence-corrected chi connectivity index (χ4v) is 1.82. The molecule has 1 aromatic carbocycles. The summed E-state index contributed by atoms with van der Waals surface area (Å²) in [6.45, 7) is 0. The van der Waals surface area contributed by atoms with E-state index in [0.29, 0.717) is 5.88 Å². The highest BCUT2D eigenvalue weighted by atomic mass is 16.5. The van der Waals surface area contributed by atoms with Crippen LogP contribution in [-0.2, 0) is 0 Å². The standard InChI is InChI=1S/C12H9NO2/c1-14-12-10-3-2-8-5-7-15-11(8)9(10)4-6-13-12/h2-7H,1H3. The van der Waals surface area contributed by atoms with E-state index in [0.717, 1.165) is 21.7 Å². The van der Waals surface area contributed by atoms with Crippen molar-refractivity contribution in [2.45, 2.75) is 0 Å². The number of ether oxygens (including phenoxy) is 1. The summed E-state index contributed by atoms with van der Waals surface area (Å²) in [6, 6.07) is 7.88. The van der Waals surface area contributed by atoms with E-state index in [1.807, 2.05) is 24.3 Å². The van der Waals surface area contributed by atoms with Crippen LogP contribution in [0.15, 0.2) is 41.1 Å². The molecule has 74 valence electrons. The Balaban J connectivity index is 2.53. The molecule has 0 unspecified atom stereocenters. The van der Waals surface area contributed by atoms with Gasteiger partial charge in [0.2, 0.25) is 5.88 Å². The topological polar surface area (TPSA) is 35.3 Å². The first kappa shape index (κ1) is 8.29. The minimum Gasteiger partial charge on any atom is -0.481 e. The number of benzene rings is 1. The quantitative estimate of drug-likeness (QED) is 0.604. The maximum absolute atomic E-state index is 5.45. The van der Waals surface area contributed by atoms with Gasteiger partial charge in [0.05, 0.1) is 13.4 Å². The molecule has 3 heteroatoms. The van der Waals surface area contributed by atoms with Crippen LogP contribution in [0.5, 0.6) is 5.88 Å². The lowest BCUT2D eigenvalue weighted by atomic mass is 10.1. The Morgan fingerprint density at radius 3 is 2.93 bits per heavy atom. The summed E-state index contributed by atoms with van der Waals surface area (Å²) < 4.78 is 10.6. The smallest absolute Gasteiger partial charge is 0.221 e. The second-order valence-corrected chi connectivity index (χ2v) is 3.32. The van der Waals surface area contributed by atoms with Crippen LogP contribution in [0.1, 0.15) is 0 Å². The molecule has 0 N–H and O–H groups in total. The van der Waals surface area contributed by atoms with Gasteiger partial charge in [0.15, 0.2) is 0 Å². The highest BCUT2D eigenvalue weighted by Crippen LogP contribution is 2.30. The molecule has 0 fully saturated rings. The molecule has 0 bridgehead atoms. The summed E-state index contributed by atoms with van der Waals surface area (Å²) in [4.78, 5) is 4.15. The van der Waals surface area contributed by atoms with Crippen molar-refractivity contribution in [2.24, 2.45) is 0 Å². The number of furan rings is 1. The van der Waals surface area contributed by atoms with Crippen molar-refractivity contribution in [2.75, 3.05) is 7.11 Å². The van der Waals surface area contributed by atoms with Gasteiger partial charge in [0.25, 0.3) is 0 Å². The first-order chi connectivity index (χ1) is 7.40. The number of fused-ring (bicyclic) bond motifs is 3. The SMILES string of the molecule is COc1nccc2c1ccc1ccoc12. The zero-order valence-corrected chi connectivity index (χ0v) is 8.23. The molecule has 0 atom stereocenters. The van der Waals surface area contributed by atoms with Crippen molar-refractivity contribution < 1.29 is 9.15 Å². The molecule has 3 rings (SSSR count). The van der Waals surface area contributed by atoms with Crippen LogP contribution >= 0.6 is 0 Å². The maximum Gasteiger partial charge on any atom is 0.221 e. The minimum atomic E-state index is 0.630. The predicted molar refractivity (Wildman–Crippen MR) is 58.1 cm³/mol. The molecule has 0 aliphatic heterocycles. The zero-order valence-electron chi connectivity index (χ0n) is 8.23. The van der Waals surface area contributed by atoms with Crippen LogP contribution in [0.25, 0.3) is 21.7 Å². The first-order valence-corrected chi connectivity index (χ1v) is 4.69. The van der Waals surface area contributed by atoms with Crippen molar-refractivity contribution in [1.29, 1.82) is 0 Å². The van der Waals surface area contributed by atoms with Gasteiger partial charge in [-0.25, -0.2) is 4.98 Å². The number of aromatic nitrogens is 1. The van der Waals surface area contributed by atoms with Gasteiger partial charge >= 0.3 is 0 Å². The summed E-state index contributed by atoms with van der Waals surface area (Å²) >= 11 is 0. The number of rotatable bonds is 1. The Hall–Kier alpha value is -2.03. The average Bonchev–Trinajstić information content (AvgIpc) is 2.76. The van der Waals surface area contributed by atoms with Gasteiger partial charge in [-0.05, 0) is 18.2 Å². The average molecular weight is 199 g/mol. The molecular formula is C12H9NO2. The third-order valence-electron chi connectivity index (χ3n) is 2.52. The van der Waals surface area contributed by atoms with Crippen LogP contribution in [-0.4, -0.2) is 12.1 Å². The third-order valence-corrected chi connectivity index (χ3v) is 2.52. The molecule has 0 aliphatic rings. The monoisotopic (exact) mass is 199 g/mol. The van der Waals surface area contributed by atoms with Crippen molar-refractivity contribution in [3.63, 3.8) is 0 Å². The third kappa shape index (κ3) is 1.09. The van der Waals surface area contributed by atoms with Crippen molar-refractivity contribution in [3.05, 3.63) is 36.7 Å². The Bertz CT molecular complexity index is 628. The molecule has 3 aromatic rings. The highest BCUT2D eigenvalue weighted by molar-refractivity contribution is 6.05. The van der Waals surface area contributed by atoms with E-state index >= 15 is 0 Å². The molecule has 0 saturated carbocycles. The molecule has 0 saturated heterocycles. The van der Waals surface area contributed by atoms with E-state index in [9.17, 15) is 0 Å². The van der Waals surface area contributed by atoms with E-state index in [-0.39, 0.29) is 0 Å². The predicted octanol–water partition coefficient (Wildman–Crippen LogP) is 2.99. The van der Waals surface area contributed by atoms with Gasteiger partial charge in [-0.1, -0.05) is 6.07 Å². The minimum absolute atomic E-state index is 0.630. The molecule has 0 radical (unpaired) electrons. The summed E-state index contributed by atoms with van der Waals surface area (Å²) in [5, 5.41) is 3.10. The van der Waals surface area contributed by atoms with Gasteiger partial charge in [-0.3, -0.25) is 0 Å². The molecule has 2 aromatic heterocycles. The van der Waals surface area contributed by atoms with Gasteiger partial charge in [-0.15, -0.1) is 0 Å². The molecule has 2 heterocycles. The normalized spacial score (nSPS) is 11.0. The number of pyridine rings is 1. The molecule has 15 heavy (non-hydrogen) atoms. The fourth-order valence-electron chi connectivity index (χ4n) is 1.82. The van der Waals surface area contributed by atoms with E-state index in [4.69, 9.17) is 9.15 Å². The van der Waals surface area contributed by atoms with Gasteiger partial charge < -0.3 is 9.15 Å². The van der Waals surface area contributed by atoms with Crippen LogP contribution in [0.4, 0.5) is 0 Å². The van der Waals surface area contributed by atoms with Crippen LogP contribution in [0, 0.1) is 0 Å². The van der Waals surface area contributed by atoms with Crippen LogP contribution < -0.4 is 4.74 Å². The lowest BCUT2D eigenvalue weighted by Crippen LogP contribution is -1.88. The number of hydrogen-bond donors (Lipinski definition) is 0. The second-order valence-electron chi connectivity index (χ2n) is 3.32. The van der Waals surface area contributed by atoms with Crippen molar-refractivity contribution in [3.8, 4) is 5.88 Å². The van der Waals surface area contributed by atoms with Crippen molar-refractivity contribution in [1.82, 2.24) is 4.98 Å². The summed E-state index contributed by atoms with van der Waals surface area (Å²) in [7, 11) is 1.62. The Morgan fingerprint density at radius 1 is 1.13 bits per heavy atom. The van der Waals surface area contributed by atoms with Gasteiger partial charge in [-0.2, -0.15) is 0 Å². The number of methoxy groups -OCH3 is 1. The highest BCUT2D eigenvalue weighted by Gasteiger charge is 2.07. The Kier molecular flexibility index (Phi) is 1.65. The number of hydrogen-bond acceptors (Lipinski definition) is 3. The van der Waals surface area contributed by atoms with Crippen LogP contribution in [0.2, 0.25) is 0 Å². The molecular weight excluding hydrogens is 190 g/mol. The van der Waals surface area contributed by atoms with E-state index < -0.39 is 0 Å². The number of nitrogens with zero attached hydrogens (tertiary/aromatic N) is 1. The molecule has 0 aliphatic carbocycles. The Labute approximate surface area is 86.3 Å². The molecule has 3 nitrogen and oxygen atoms in total. The lowest BCUT2D eigenvalue weighted by Gasteiger charge is -2.03. The van der Waals surface area contributed by atoms with Gasteiger partial charge in [0.1, 0.15) is 5.58 Å². The Morgan fingerprint density at radius 2 is 2.07 bits per heavy atom. The zero-order chi connectivity index (χ0) is 10.3. The van der Waals surface area contributed by atoms with Gasteiger partial charge in [0, 0.05) is 22.4 Å². The summed E-state index contributed by atoms with van der Waals surface area (Å²) in [5.74, 6) is 0.630. The van der Waals surface area contributed by atoms with Crippen LogP contribution in [0.3, 0.4) is 0 Å². The van der Waals surface area contributed by atoms with Crippen molar-refractivity contribution >= 4 is 21.7 Å². The maximum atomic E-state index is 5.45. The first-order valence-electron chi connectivity index (χ1n) is 4.69. The summed E-state index contributed by atoms with van der Waals surface area (Å²) in [5.41, 5.74) is 0.883. The fraction of sp³-hybridized carbons (Fsp3) is 0.0833. The van der Waals surface area contributed by atoms with E-state index in [2.05, 4.69) is 4.98 Å².